The van der Waals surface area contributed by atoms with Crippen LogP contribution in [0.2, 0.25) is 0 Å². The molecule has 8 heteroatoms. The molecule has 0 amide bonds. The van der Waals surface area contributed by atoms with E-state index in [0.29, 0.717) is 18.1 Å². The van der Waals surface area contributed by atoms with Crippen molar-refractivity contribution < 1.29 is 17.2 Å². The first kappa shape index (κ1) is 19.0. The van der Waals surface area contributed by atoms with Crippen LogP contribution in [0.5, 0.6) is 0 Å². The van der Waals surface area contributed by atoms with E-state index in [1.807, 2.05) is 12.1 Å². The van der Waals surface area contributed by atoms with Crippen molar-refractivity contribution in [3.05, 3.63) is 65.9 Å². The summed E-state index contributed by atoms with van der Waals surface area (Å²) in [7, 11) is -2.12. The number of piperazine rings is 1. The standard InChI is InChI=1S/C20H21F2N3O2S/c1-23-8-10-24(11-9-23)13-15-14-25(19-5-3-2-4-17(15)19)28(26,27)20-7-6-16(21)12-18(20)22/h2-7,12,14H,8-11,13H2,1H3. The zero-order chi connectivity index (χ0) is 19.9. The number of fused-ring (bicyclic) bond motifs is 1. The van der Waals surface area contributed by atoms with Gasteiger partial charge in [-0.15, -0.1) is 0 Å². The summed E-state index contributed by atoms with van der Waals surface area (Å²) in [6, 6.07) is 9.67. The average molecular weight is 405 g/mol. The van der Waals surface area contributed by atoms with Crippen LogP contribution in [0.4, 0.5) is 8.78 Å². The quantitative estimate of drug-likeness (QED) is 0.670. The maximum absolute atomic E-state index is 14.2. The molecule has 1 fully saturated rings. The van der Waals surface area contributed by atoms with E-state index in [1.54, 1.807) is 18.3 Å². The van der Waals surface area contributed by atoms with Crippen LogP contribution in [0.1, 0.15) is 5.56 Å². The second-order valence-electron chi connectivity index (χ2n) is 7.13. The van der Waals surface area contributed by atoms with E-state index in [1.165, 1.54) is 0 Å². The highest BCUT2D eigenvalue weighted by molar-refractivity contribution is 7.90. The summed E-state index contributed by atoms with van der Waals surface area (Å²) in [5.41, 5.74) is 1.35. The summed E-state index contributed by atoms with van der Waals surface area (Å²) in [6.07, 6.45) is 1.56. The maximum Gasteiger partial charge on any atom is 0.271 e. The fourth-order valence-electron chi connectivity index (χ4n) is 3.58. The first-order chi connectivity index (χ1) is 13.4. The molecule has 0 radical (unpaired) electrons. The minimum absolute atomic E-state index is 0.482. The molecule has 2 heterocycles. The lowest BCUT2D eigenvalue weighted by Crippen LogP contribution is -2.43. The van der Waals surface area contributed by atoms with Crippen LogP contribution < -0.4 is 0 Å². The molecule has 0 aliphatic carbocycles. The zero-order valence-corrected chi connectivity index (χ0v) is 16.3. The number of hydrogen-bond acceptors (Lipinski definition) is 4. The van der Waals surface area contributed by atoms with E-state index in [-0.39, 0.29) is 0 Å². The van der Waals surface area contributed by atoms with Gasteiger partial charge in [0.2, 0.25) is 0 Å². The molecule has 4 rings (SSSR count). The molecule has 148 valence electrons. The van der Waals surface area contributed by atoms with E-state index in [2.05, 4.69) is 16.8 Å². The summed E-state index contributed by atoms with van der Waals surface area (Å²) >= 11 is 0. The number of rotatable bonds is 4. The van der Waals surface area contributed by atoms with Crippen LogP contribution in [0.25, 0.3) is 10.9 Å². The van der Waals surface area contributed by atoms with E-state index >= 15 is 0 Å². The van der Waals surface area contributed by atoms with Crippen molar-refractivity contribution in [2.45, 2.75) is 11.4 Å². The predicted octanol–water partition coefficient (Wildman–Crippen LogP) is 2.90. The Morgan fingerprint density at radius 2 is 1.71 bits per heavy atom. The van der Waals surface area contributed by atoms with E-state index in [0.717, 1.165) is 53.2 Å². The Morgan fingerprint density at radius 3 is 2.43 bits per heavy atom. The first-order valence-corrected chi connectivity index (χ1v) is 10.5. The molecule has 28 heavy (non-hydrogen) atoms. The van der Waals surface area contributed by atoms with E-state index in [4.69, 9.17) is 0 Å². The van der Waals surface area contributed by atoms with Crippen molar-refractivity contribution in [2.75, 3.05) is 33.2 Å². The molecule has 5 nitrogen and oxygen atoms in total. The van der Waals surface area contributed by atoms with Crippen molar-refractivity contribution in [3.8, 4) is 0 Å². The van der Waals surface area contributed by atoms with Crippen molar-refractivity contribution in [1.82, 2.24) is 13.8 Å². The SMILES string of the molecule is CN1CCN(Cc2cn(S(=O)(=O)c3ccc(F)cc3F)c3ccccc23)CC1. The van der Waals surface area contributed by atoms with Gasteiger partial charge in [0.05, 0.1) is 5.52 Å². The average Bonchev–Trinajstić information content (AvgIpc) is 3.03. The van der Waals surface area contributed by atoms with Crippen molar-refractivity contribution in [3.63, 3.8) is 0 Å². The molecule has 2 aromatic carbocycles. The smallest absolute Gasteiger partial charge is 0.271 e. The van der Waals surface area contributed by atoms with Crippen LogP contribution in [0.3, 0.4) is 0 Å². The first-order valence-electron chi connectivity index (χ1n) is 9.07. The van der Waals surface area contributed by atoms with Crippen molar-refractivity contribution in [2.24, 2.45) is 0 Å². The minimum atomic E-state index is -4.19. The molecule has 0 atom stereocenters. The topological polar surface area (TPSA) is 45.5 Å². The molecular weight excluding hydrogens is 384 g/mol. The third-order valence-corrected chi connectivity index (χ3v) is 6.89. The Kier molecular flexibility index (Phi) is 4.95. The summed E-state index contributed by atoms with van der Waals surface area (Å²) in [5, 5.41) is 0.813. The Bertz CT molecular complexity index is 1120. The Labute approximate surface area is 162 Å². The molecule has 0 saturated carbocycles. The molecule has 1 aliphatic rings. The summed E-state index contributed by atoms with van der Waals surface area (Å²) in [4.78, 5) is 3.99. The molecule has 0 bridgehead atoms. The molecule has 1 saturated heterocycles. The maximum atomic E-state index is 14.2. The van der Waals surface area contributed by atoms with Crippen LogP contribution >= 0.6 is 0 Å². The number of likely N-dealkylation sites (N-methyl/N-ethyl adjacent to an activating group) is 1. The van der Waals surface area contributed by atoms with Crippen molar-refractivity contribution in [1.29, 1.82) is 0 Å². The highest BCUT2D eigenvalue weighted by Gasteiger charge is 2.25. The summed E-state index contributed by atoms with van der Waals surface area (Å²) < 4.78 is 54.8. The monoisotopic (exact) mass is 405 g/mol. The van der Waals surface area contributed by atoms with Gasteiger partial charge in [0.1, 0.15) is 16.5 Å². The zero-order valence-electron chi connectivity index (χ0n) is 15.5. The third kappa shape index (κ3) is 3.43. The second kappa shape index (κ2) is 7.27. The lowest BCUT2D eigenvalue weighted by molar-refractivity contribution is 0.148. The van der Waals surface area contributed by atoms with Gasteiger partial charge in [-0.2, -0.15) is 0 Å². The predicted molar refractivity (Wildman–Crippen MR) is 104 cm³/mol. The molecule has 1 aliphatic heterocycles. The molecule has 1 aromatic heterocycles. The van der Waals surface area contributed by atoms with Gasteiger partial charge in [-0.1, -0.05) is 18.2 Å². The molecule has 3 aromatic rings. The molecule has 0 unspecified atom stereocenters. The van der Waals surface area contributed by atoms with Crippen molar-refractivity contribution >= 4 is 20.9 Å². The molecular formula is C20H21F2N3O2S. The van der Waals surface area contributed by atoms with Gasteiger partial charge in [0.15, 0.2) is 0 Å². The third-order valence-electron chi connectivity index (χ3n) is 5.18. The van der Waals surface area contributed by atoms with Gasteiger partial charge in [-0.3, -0.25) is 4.90 Å². The van der Waals surface area contributed by atoms with Crippen LogP contribution in [-0.4, -0.2) is 55.4 Å². The van der Waals surface area contributed by atoms with E-state index < -0.39 is 26.6 Å². The highest BCUT2D eigenvalue weighted by atomic mass is 32.2. The van der Waals surface area contributed by atoms with Gasteiger partial charge >= 0.3 is 0 Å². The fraction of sp³-hybridized carbons (Fsp3) is 0.300. The number of benzene rings is 2. The van der Waals surface area contributed by atoms with E-state index in [9.17, 15) is 17.2 Å². The number of halogens is 2. The Balaban J connectivity index is 1.77. The number of hydrogen-bond donors (Lipinski definition) is 0. The van der Waals surface area contributed by atoms with Gasteiger partial charge in [-0.25, -0.2) is 21.2 Å². The molecule has 0 spiro atoms. The summed E-state index contributed by atoms with van der Waals surface area (Å²) in [5.74, 6) is -1.91. The summed E-state index contributed by atoms with van der Waals surface area (Å²) in [6.45, 7) is 4.32. The largest absolute Gasteiger partial charge is 0.304 e. The van der Waals surface area contributed by atoms with Gasteiger partial charge in [0.25, 0.3) is 10.0 Å². The van der Waals surface area contributed by atoms with Gasteiger partial charge in [0, 0.05) is 50.4 Å². The number of aromatic nitrogens is 1. The lowest BCUT2D eigenvalue weighted by Gasteiger charge is -2.32. The van der Waals surface area contributed by atoms with Crippen LogP contribution in [-0.2, 0) is 16.6 Å². The van der Waals surface area contributed by atoms with Gasteiger partial charge in [-0.05, 0) is 30.8 Å². The lowest BCUT2D eigenvalue weighted by atomic mass is 10.1. The Morgan fingerprint density at radius 1 is 1.00 bits per heavy atom. The highest BCUT2D eigenvalue weighted by Crippen LogP contribution is 2.28. The Hall–Kier alpha value is -2.29. The number of nitrogens with zero attached hydrogens (tertiary/aromatic N) is 3. The fourth-order valence-corrected chi connectivity index (χ4v) is 5.02. The minimum Gasteiger partial charge on any atom is -0.304 e. The number of para-hydroxylation sites is 1. The van der Waals surface area contributed by atoms with Crippen LogP contribution in [0, 0.1) is 11.6 Å². The van der Waals surface area contributed by atoms with Crippen LogP contribution in [0.15, 0.2) is 53.6 Å². The van der Waals surface area contributed by atoms with Gasteiger partial charge < -0.3 is 4.90 Å². The second-order valence-corrected chi connectivity index (χ2v) is 8.91. The molecule has 0 N–H and O–H groups in total. The normalized spacial score (nSPS) is 16.7.